The van der Waals surface area contributed by atoms with Gasteiger partial charge in [0, 0.05) is 38.0 Å². The molecule has 4 heteroatoms. The minimum atomic E-state index is 0.121. The smallest absolute Gasteiger partial charge is 0.254 e. The molecule has 2 unspecified atom stereocenters. The molecule has 0 bridgehead atoms. The van der Waals surface area contributed by atoms with Crippen molar-refractivity contribution >= 4 is 11.6 Å². The van der Waals surface area contributed by atoms with Crippen LogP contribution in [0, 0.1) is 5.92 Å². The highest BCUT2D eigenvalue weighted by molar-refractivity contribution is 5.95. The largest absolute Gasteiger partial charge is 0.384 e. The number of methoxy groups -OCH3 is 1. The van der Waals surface area contributed by atoms with E-state index in [0.717, 1.165) is 37.2 Å². The van der Waals surface area contributed by atoms with Crippen LogP contribution in [0.25, 0.3) is 0 Å². The molecule has 1 N–H and O–H groups in total. The summed E-state index contributed by atoms with van der Waals surface area (Å²) in [5, 5.41) is 3.33. The van der Waals surface area contributed by atoms with Crippen molar-refractivity contribution in [3.8, 4) is 0 Å². The van der Waals surface area contributed by atoms with Crippen LogP contribution in [0.15, 0.2) is 18.2 Å². The lowest BCUT2D eigenvalue weighted by atomic mass is 9.95. The van der Waals surface area contributed by atoms with Crippen LogP contribution in [0.1, 0.15) is 29.3 Å². The number of rotatable bonds is 2. The summed E-state index contributed by atoms with van der Waals surface area (Å²) in [7, 11) is 1.73. The maximum atomic E-state index is 12.6. The van der Waals surface area contributed by atoms with Crippen molar-refractivity contribution in [1.29, 1.82) is 0 Å². The lowest BCUT2D eigenvalue weighted by Crippen LogP contribution is -2.46. The zero-order valence-electron chi connectivity index (χ0n) is 12.2. The third-order valence-corrected chi connectivity index (χ3v) is 4.55. The highest BCUT2D eigenvalue weighted by Crippen LogP contribution is 2.25. The van der Waals surface area contributed by atoms with Gasteiger partial charge < -0.3 is 15.0 Å². The van der Waals surface area contributed by atoms with Crippen molar-refractivity contribution < 1.29 is 9.53 Å². The maximum absolute atomic E-state index is 12.6. The highest BCUT2D eigenvalue weighted by atomic mass is 16.5. The average Bonchev–Trinajstić information content (AvgIpc) is 2.94. The van der Waals surface area contributed by atoms with Gasteiger partial charge in [-0.15, -0.1) is 0 Å². The summed E-state index contributed by atoms with van der Waals surface area (Å²) in [6.07, 6.45) is 2.21. The second-order valence-corrected chi connectivity index (χ2v) is 5.84. The van der Waals surface area contributed by atoms with Gasteiger partial charge in [-0.05, 0) is 36.5 Å². The number of ether oxygens (including phenoxy) is 1. The van der Waals surface area contributed by atoms with Crippen molar-refractivity contribution in [2.45, 2.75) is 25.9 Å². The first kappa shape index (κ1) is 13.4. The number of anilines is 1. The Morgan fingerprint density at radius 1 is 1.45 bits per heavy atom. The van der Waals surface area contributed by atoms with Gasteiger partial charge in [-0.1, -0.05) is 13.0 Å². The molecule has 1 aromatic rings. The van der Waals surface area contributed by atoms with Crippen LogP contribution in [-0.2, 0) is 11.2 Å². The first-order chi connectivity index (χ1) is 9.69. The zero-order chi connectivity index (χ0) is 14.1. The average molecular weight is 274 g/mol. The predicted molar refractivity (Wildman–Crippen MR) is 79.1 cm³/mol. The molecule has 4 nitrogen and oxygen atoms in total. The molecule has 2 aliphatic rings. The summed E-state index contributed by atoms with van der Waals surface area (Å²) in [6, 6.07) is 6.02. The Morgan fingerprint density at radius 3 is 3.10 bits per heavy atom. The van der Waals surface area contributed by atoms with Gasteiger partial charge in [0.2, 0.25) is 0 Å². The third kappa shape index (κ3) is 2.40. The van der Waals surface area contributed by atoms with Crippen molar-refractivity contribution in [2.24, 2.45) is 5.92 Å². The number of hydrogen-bond acceptors (Lipinski definition) is 3. The molecule has 2 atom stereocenters. The Balaban J connectivity index is 1.75. The number of piperidine rings is 1. The van der Waals surface area contributed by atoms with Gasteiger partial charge in [-0.3, -0.25) is 4.79 Å². The van der Waals surface area contributed by atoms with E-state index in [1.54, 1.807) is 7.11 Å². The van der Waals surface area contributed by atoms with Gasteiger partial charge in [0.15, 0.2) is 0 Å². The molecular weight excluding hydrogens is 252 g/mol. The van der Waals surface area contributed by atoms with E-state index in [2.05, 4.69) is 18.3 Å². The molecule has 0 spiro atoms. The lowest BCUT2D eigenvalue weighted by molar-refractivity contribution is -0.00156. The quantitative estimate of drug-likeness (QED) is 0.898. The van der Waals surface area contributed by atoms with Gasteiger partial charge in [0.1, 0.15) is 0 Å². The maximum Gasteiger partial charge on any atom is 0.254 e. The summed E-state index contributed by atoms with van der Waals surface area (Å²) in [6.45, 7) is 4.68. The molecule has 0 aromatic heterocycles. The molecule has 1 amide bonds. The van der Waals surface area contributed by atoms with E-state index in [0.29, 0.717) is 12.5 Å². The molecule has 1 aromatic carbocycles. The van der Waals surface area contributed by atoms with Gasteiger partial charge in [-0.2, -0.15) is 0 Å². The molecule has 0 aliphatic carbocycles. The fraction of sp³-hybridized carbons (Fsp3) is 0.562. The summed E-state index contributed by atoms with van der Waals surface area (Å²) in [5.41, 5.74) is 3.20. The zero-order valence-corrected chi connectivity index (χ0v) is 12.2. The fourth-order valence-electron chi connectivity index (χ4n) is 3.13. The van der Waals surface area contributed by atoms with Gasteiger partial charge in [0.05, 0.1) is 6.10 Å². The van der Waals surface area contributed by atoms with E-state index in [1.807, 2.05) is 17.0 Å². The molecule has 2 aliphatic heterocycles. The number of carbonyl (C=O) groups is 1. The fourth-order valence-corrected chi connectivity index (χ4v) is 3.13. The van der Waals surface area contributed by atoms with E-state index >= 15 is 0 Å². The van der Waals surface area contributed by atoms with E-state index in [-0.39, 0.29) is 12.0 Å². The second-order valence-electron chi connectivity index (χ2n) is 5.84. The van der Waals surface area contributed by atoms with Crippen molar-refractivity contribution in [2.75, 3.05) is 32.1 Å². The molecular formula is C16H22N2O2. The Kier molecular flexibility index (Phi) is 3.66. The number of carbonyl (C=O) groups excluding carboxylic acids is 1. The monoisotopic (exact) mass is 274 g/mol. The number of amides is 1. The van der Waals surface area contributed by atoms with Gasteiger partial charge >= 0.3 is 0 Å². The van der Waals surface area contributed by atoms with Crippen molar-refractivity contribution in [1.82, 2.24) is 4.90 Å². The molecule has 0 radical (unpaired) electrons. The Labute approximate surface area is 120 Å². The van der Waals surface area contributed by atoms with Crippen LogP contribution >= 0.6 is 0 Å². The van der Waals surface area contributed by atoms with Gasteiger partial charge in [-0.25, -0.2) is 0 Å². The third-order valence-electron chi connectivity index (χ3n) is 4.55. The van der Waals surface area contributed by atoms with Crippen molar-refractivity contribution in [3.63, 3.8) is 0 Å². The van der Waals surface area contributed by atoms with Crippen LogP contribution in [0.4, 0.5) is 5.69 Å². The van der Waals surface area contributed by atoms with Gasteiger partial charge in [0.25, 0.3) is 5.91 Å². The number of hydrogen-bond donors (Lipinski definition) is 1. The molecule has 1 fully saturated rings. The molecule has 2 heterocycles. The first-order valence-electron chi connectivity index (χ1n) is 7.38. The molecule has 0 saturated carbocycles. The minimum absolute atomic E-state index is 0.121. The number of benzene rings is 1. The lowest BCUT2D eigenvalue weighted by Gasteiger charge is -2.36. The second kappa shape index (κ2) is 5.44. The summed E-state index contributed by atoms with van der Waals surface area (Å²) >= 11 is 0. The minimum Gasteiger partial charge on any atom is -0.384 e. The van der Waals surface area contributed by atoms with E-state index in [9.17, 15) is 4.79 Å². The van der Waals surface area contributed by atoms with Crippen LogP contribution in [0.5, 0.6) is 0 Å². The van der Waals surface area contributed by atoms with Crippen LogP contribution in [0.3, 0.4) is 0 Å². The normalized spacial score (nSPS) is 25.2. The molecule has 3 rings (SSSR count). The molecule has 108 valence electrons. The summed E-state index contributed by atoms with van der Waals surface area (Å²) in [4.78, 5) is 14.5. The Hall–Kier alpha value is -1.55. The molecule has 1 saturated heterocycles. The van der Waals surface area contributed by atoms with Crippen LogP contribution in [-0.4, -0.2) is 43.7 Å². The number of nitrogens with one attached hydrogen (secondary N) is 1. The predicted octanol–water partition coefficient (Wildman–Crippen LogP) is 2.15. The Bertz CT molecular complexity index is 515. The molecule has 20 heavy (non-hydrogen) atoms. The number of likely N-dealkylation sites (tertiary alicyclic amines) is 1. The summed E-state index contributed by atoms with van der Waals surface area (Å²) in [5.74, 6) is 0.640. The van der Waals surface area contributed by atoms with Crippen molar-refractivity contribution in [3.05, 3.63) is 29.3 Å². The van der Waals surface area contributed by atoms with E-state index < -0.39 is 0 Å². The Morgan fingerprint density at radius 2 is 2.30 bits per heavy atom. The topological polar surface area (TPSA) is 41.6 Å². The number of fused-ring (bicyclic) bond motifs is 1. The first-order valence-corrected chi connectivity index (χ1v) is 7.38. The number of nitrogens with zero attached hydrogens (tertiary/aromatic N) is 1. The summed E-state index contributed by atoms with van der Waals surface area (Å²) < 4.78 is 5.49. The van der Waals surface area contributed by atoms with Crippen LogP contribution < -0.4 is 5.32 Å². The van der Waals surface area contributed by atoms with Crippen LogP contribution in [0.2, 0.25) is 0 Å². The highest BCUT2D eigenvalue weighted by Gasteiger charge is 2.29. The van der Waals surface area contributed by atoms with E-state index in [4.69, 9.17) is 4.74 Å². The standard InChI is InChI=1S/C16H22N2O2/c1-11-6-8-18(10-15(11)20-2)16(19)13-4-3-12-5-7-17-14(12)9-13/h3-4,9,11,15,17H,5-8,10H2,1-2H3. The SMILES string of the molecule is COC1CN(C(=O)c2ccc3c(c2)NCC3)CCC1C. The van der Waals surface area contributed by atoms with E-state index in [1.165, 1.54) is 5.56 Å².